The molecule has 0 aliphatic heterocycles. The van der Waals surface area contributed by atoms with Gasteiger partial charge in [0.2, 0.25) is 0 Å². The van der Waals surface area contributed by atoms with Gasteiger partial charge in [-0.3, -0.25) is 0 Å². The van der Waals surface area contributed by atoms with Gasteiger partial charge in [0.05, 0.1) is 21.0 Å². The van der Waals surface area contributed by atoms with E-state index in [2.05, 4.69) is 43.6 Å². The Kier molecular flexibility index (Phi) is 3.29. The van der Waals surface area contributed by atoms with Crippen LogP contribution in [-0.2, 0) is 0 Å². The average molecular weight is 393 g/mol. The predicted octanol–water partition coefficient (Wildman–Crippen LogP) is 2.94. The van der Waals surface area contributed by atoms with Crippen LogP contribution in [0.3, 0.4) is 0 Å². The number of hydrogen-bond donors (Lipinski definition) is 1. The van der Waals surface area contributed by atoms with E-state index >= 15 is 0 Å². The van der Waals surface area contributed by atoms with Gasteiger partial charge in [0, 0.05) is 10.7 Å². The number of nitrogens with zero attached hydrogens (tertiary/aromatic N) is 2. The van der Waals surface area contributed by atoms with Gasteiger partial charge < -0.3 is 5.11 Å². The SMILES string of the molecule is O=C(O)c1cc(Br)ccc1-n1cc(I)cn1. The van der Waals surface area contributed by atoms with Crippen LogP contribution in [-0.4, -0.2) is 20.9 Å². The van der Waals surface area contributed by atoms with Gasteiger partial charge in [0.1, 0.15) is 0 Å². The average Bonchev–Trinajstić information content (AvgIpc) is 2.64. The maximum atomic E-state index is 11.1. The quantitative estimate of drug-likeness (QED) is 0.799. The first-order valence-electron chi connectivity index (χ1n) is 4.31. The van der Waals surface area contributed by atoms with E-state index in [0.29, 0.717) is 5.69 Å². The summed E-state index contributed by atoms with van der Waals surface area (Å²) in [6.07, 6.45) is 3.45. The summed E-state index contributed by atoms with van der Waals surface area (Å²) in [4.78, 5) is 11.1. The van der Waals surface area contributed by atoms with E-state index in [-0.39, 0.29) is 5.56 Å². The molecule has 1 aromatic carbocycles. The van der Waals surface area contributed by atoms with Crippen LogP contribution < -0.4 is 0 Å². The lowest BCUT2D eigenvalue weighted by Gasteiger charge is -2.06. The molecule has 0 spiro atoms. The molecule has 0 unspecified atom stereocenters. The molecule has 0 aliphatic carbocycles. The maximum Gasteiger partial charge on any atom is 0.337 e. The molecular weight excluding hydrogens is 387 g/mol. The second-order valence-electron chi connectivity index (χ2n) is 3.07. The Morgan fingerprint density at radius 1 is 1.50 bits per heavy atom. The molecule has 1 N–H and O–H groups in total. The molecule has 0 amide bonds. The van der Waals surface area contributed by atoms with Crippen molar-refractivity contribution in [3.8, 4) is 5.69 Å². The van der Waals surface area contributed by atoms with Gasteiger partial charge in [-0.15, -0.1) is 0 Å². The maximum absolute atomic E-state index is 11.1. The summed E-state index contributed by atoms with van der Waals surface area (Å²) in [5.74, 6) is -0.971. The van der Waals surface area contributed by atoms with E-state index in [4.69, 9.17) is 5.11 Å². The summed E-state index contributed by atoms with van der Waals surface area (Å²) in [5, 5.41) is 13.2. The molecule has 0 fully saturated rings. The van der Waals surface area contributed by atoms with Crippen molar-refractivity contribution in [1.29, 1.82) is 0 Å². The number of rotatable bonds is 2. The Labute approximate surface area is 114 Å². The van der Waals surface area contributed by atoms with E-state index in [9.17, 15) is 4.79 Å². The molecule has 16 heavy (non-hydrogen) atoms. The van der Waals surface area contributed by atoms with Gasteiger partial charge in [0.25, 0.3) is 0 Å². The fraction of sp³-hybridized carbons (Fsp3) is 0. The first kappa shape index (κ1) is 11.6. The highest BCUT2D eigenvalue weighted by Gasteiger charge is 2.12. The van der Waals surface area contributed by atoms with Crippen LogP contribution in [0.4, 0.5) is 0 Å². The molecule has 6 heteroatoms. The van der Waals surface area contributed by atoms with Crippen molar-refractivity contribution in [2.24, 2.45) is 0 Å². The highest BCUT2D eigenvalue weighted by molar-refractivity contribution is 14.1. The number of hydrogen-bond acceptors (Lipinski definition) is 2. The van der Waals surface area contributed by atoms with Crippen molar-refractivity contribution in [3.63, 3.8) is 0 Å². The molecule has 0 saturated carbocycles. The number of benzene rings is 1. The number of carboxylic acid groups (broad SMARTS) is 1. The molecule has 0 atom stereocenters. The van der Waals surface area contributed by atoms with E-state index in [1.165, 1.54) is 0 Å². The van der Waals surface area contributed by atoms with Crippen LogP contribution in [0.5, 0.6) is 0 Å². The fourth-order valence-corrected chi connectivity index (χ4v) is 2.06. The van der Waals surface area contributed by atoms with Crippen molar-refractivity contribution >= 4 is 44.5 Å². The van der Waals surface area contributed by atoms with Crippen LogP contribution in [0.1, 0.15) is 10.4 Å². The van der Waals surface area contributed by atoms with Crippen LogP contribution in [0.25, 0.3) is 5.69 Å². The van der Waals surface area contributed by atoms with Crippen LogP contribution >= 0.6 is 38.5 Å². The second kappa shape index (κ2) is 4.54. The topological polar surface area (TPSA) is 55.1 Å². The third-order valence-corrected chi connectivity index (χ3v) is 3.04. The summed E-state index contributed by atoms with van der Waals surface area (Å²) < 4.78 is 3.24. The van der Waals surface area contributed by atoms with Crippen LogP contribution in [0.15, 0.2) is 35.1 Å². The van der Waals surface area contributed by atoms with Crippen molar-refractivity contribution in [1.82, 2.24) is 9.78 Å². The molecular formula is C10H6BrIN2O2. The van der Waals surface area contributed by atoms with Crippen molar-refractivity contribution in [2.45, 2.75) is 0 Å². The van der Waals surface area contributed by atoms with Crippen molar-refractivity contribution in [2.75, 3.05) is 0 Å². The molecule has 0 radical (unpaired) electrons. The zero-order valence-electron chi connectivity index (χ0n) is 7.89. The fourth-order valence-electron chi connectivity index (χ4n) is 1.31. The Bertz CT molecular complexity index is 554. The summed E-state index contributed by atoms with van der Waals surface area (Å²) >= 11 is 5.37. The predicted molar refractivity (Wildman–Crippen MR) is 70.9 cm³/mol. The minimum absolute atomic E-state index is 0.217. The minimum atomic E-state index is -0.971. The lowest BCUT2D eigenvalue weighted by molar-refractivity contribution is 0.0696. The Balaban J connectivity index is 2.60. The smallest absolute Gasteiger partial charge is 0.337 e. The van der Waals surface area contributed by atoms with Gasteiger partial charge in [-0.2, -0.15) is 5.10 Å². The third-order valence-electron chi connectivity index (χ3n) is 1.99. The summed E-state index contributed by atoms with van der Waals surface area (Å²) in [7, 11) is 0. The summed E-state index contributed by atoms with van der Waals surface area (Å²) in [6.45, 7) is 0. The number of carboxylic acids is 1. The number of aromatic carboxylic acids is 1. The molecule has 4 nitrogen and oxygen atoms in total. The minimum Gasteiger partial charge on any atom is -0.478 e. The molecule has 82 valence electrons. The molecule has 0 bridgehead atoms. The normalized spacial score (nSPS) is 10.4. The second-order valence-corrected chi connectivity index (χ2v) is 5.23. The molecule has 0 saturated heterocycles. The Morgan fingerprint density at radius 3 is 2.81 bits per heavy atom. The first-order chi connectivity index (χ1) is 7.58. The van der Waals surface area contributed by atoms with E-state index in [1.807, 2.05) is 0 Å². The number of carbonyl (C=O) groups is 1. The standard InChI is InChI=1S/C10H6BrIN2O2/c11-6-1-2-9(8(3-6)10(15)16)14-5-7(12)4-13-14/h1-5H,(H,15,16). The van der Waals surface area contributed by atoms with Crippen molar-refractivity contribution in [3.05, 3.63) is 44.2 Å². The van der Waals surface area contributed by atoms with E-state index < -0.39 is 5.97 Å². The highest BCUT2D eigenvalue weighted by Crippen LogP contribution is 2.20. The van der Waals surface area contributed by atoms with Gasteiger partial charge in [0.15, 0.2) is 0 Å². The third kappa shape index (κ3) is 2.27. The zero-order chi connectivity index (χ0) is 11.7. The van der Waals surface area contributed by atoms with E-state index in [1.54, 1.807) is 35.3 Å². The lowest BCUT2D eigenvalue weighted by Crippen LogP contribution is -2.05. The van der Waals surface area contributed by atoms with Gasteiger partial charge >= 0.3 is 5.97 Å². The zero-order valence-corrected chi connectivity index (χ0v) is 11.6. The largest absolute Gasteiger partial charge is 0.478 e. The monoisotopic (exact) mass is 392 g/mol. The van der Waals surface area contributed by atoms with Gasteiger partial charge in [-0.25, -0.2) is 9.48 Å². The Morgan fingerprint density at radius 2 is 2.25 bits per heavy atom. The highest BCUT2D eigenvalue weighted by atomic mass is 127. The van der Waals surface area contributed by atoms with Crippen LogP contribution in [0.2, 0.25) is 0 Å². The number of aromatic nitrogens is 2. The summed E-state index contributed by atoms with van der Waals surface area (Å²) in [5.41, 5.74) is 0.771. The molecule has 1 heterocycles. The summed E-state index contributed by atoms with van der Waals surface area (Å²) in [6, 6.07) is 5.07. The van der Waals surface area contributed by atoms with Crippen LogP contribution in [0, 0.1) is 3.57 Å². The molecule has 2 rings (SSSR count). The Hall–Kier alpha value is -0.890. The van der Waals surface area contributed by atoms with Gasteiger partial charge in [-0.05, 0) is 40.8 Å². The van der Waals surface area contributed by atoms with Gasteiger partial charge in [-0.1, -0.05) is 15.9 Å². The van der Waals surface area contributed by atoms with E-state index in [0.717, 1.165) is 8.04 Å². The molecule has 1 aromatic heterocycles. The first-order valence-corrected chi connectivity index (χ1v) is 6.18. The number of halogens is 2. The lowest BCUT2D eigenvalue weighted by atomic mass is 10.2. The molecule has 2 aromatic rings. The van der Waals surface area contributed by atoms with Crippen molar-refractivity contribution < 1.29 is 9.90 Å². The molecule has 0 aliphatic rings.